The van der Waals surface area contributed by atoms with Crippen molar-refractivity contribution in [1.82, 2.24) is 10.3 Å². The molecule has 0 fully saturated rings. The molecule has 2 aromatic rings. The van der Waals surface area contributed by atoms with Crippen molar-refractivity contribution in [2.45, 2.75) is 13.0 Å². The largest absolute Gasteiger partial charge is 0.344 e. The molecule has 1 aromatic carbocycles. The Balaban J connectivity index is 2.16. The van der Waals surface area contributed by atoms with E-state index in [9.17, 15) is 4.79 Å². The smallest absolute Gasteiger partial charge is 0.253 e. The summed E-state index contributed by atoms with van der Waals surface area (Å²) >= 11 is 0. The zero-order valence-corrected chi connectivity index (χ0v) is 10.8. The number of carbonyl (C=O) groups excluding carboxylic acids is 1. The van der Waals surface area contributed by atoms with Crippen LogP contribution in [0.25, 0.3) is 0 Å². The Kier molecular flexibility index (Phi) is 4.26. The van der Waals surface area contributed by atoms with E-state index < -0.39 is 0 Å². The molecule has 0 spiro atoms. The van der Waals surface area contributed by atoms with E-state index in [-0.39, 0.29) is 11.9 Å². The zero-order valence-electron chi connectivity index (χ0n) is 10.8. The van der Waals surface area contributed by atoms with Crippen LogP contribution in [0.5, 0.6) is 0 Å². The Hall–Kier alpha value is -2.20. The summed E-state index contributed by atoms with van der Waals surface area (Å²) < 4.78 is 0. The molecule has 0 bridgehead atoms. The van der Waals surface area contributed by atoms with Crippen LogP contribution in [-0.2, 0) is 0 Å². The second-order valence-electron chi connectivity index (χ2n) is 4.31. The summed E-state index contributed by atoms with van der Waals surface area (Å²) in [6, 6.07) is 13.0. The van der Waals surface area contributed by atoms with E-state index in [0.29, 0.717) is 17.8 Å². The molecule has 1 heterocycles. The molecule has 19 heavy (non-hydrogen) atoms. The van der Waals surface area contributed by atoms with Crippen molar-refractivity contribution in [2.24, 2.45) is 5.73 Å². The number of benzene rings is 1. The van der Waals surface area contributed by atoms with Crippen LogP contribution in [0, 0.1) is 6.92 Å². The minimum Gasteiger partial charge on any atom is -0.344 e. The Morgan fingerprint density at radius 3 is 2.63 bits per heavy atom. The number of nitrogens with one attached hydrogen (secondary N) is 1. The first-order valence-corrected chi connectivity index (χ1v) is 6.20. The number of pyridine rings is 1. The lowest BCUT2D eigenvalue weighted by Crippen LogP contribution is -2.33. The van der Waals surface area contributed by atoms with Gasteiger partial charge in [0.25, 0.3) is 5.91 Å². The van der Waals surface area contributed by atoms with Crippen molar-refractivity contribution in [1.29, 1.82) is 0 Å². The Bertz CT molecular complexity index is 554. The molecule has 0 aliphatic heterocycles. The first-order chi connectivity index (χ1) is 9.22. The second kappa shape index (κ2) is 6.11. The summed E-state index contributed by atoms with van der Waals surface area (Å²) in [4.78, 5) is 16.3. The van der Waals surface area contributed by atoms with Gasteiger partial charge in [-0.15, -0.1) is 0 Å². The molecule has 4 heteroatoms. The molecule has 2 rings (SSSR count). The molecule has 98 valence electrons. The van der Waals surface area contributed by atoms with Gasteiger partial charge in [-0.25, -0.2) is 0 Å². The van der Waals surface area contributed by atoms with Gasteiger partial charge >= 0.3 is 0 Å². The standard InChI is InChI=1S/C15H17N3O/c1-11-13(8-5-9-17-11)15(19)18-14(10-16)12-6-3-2-4-7-12/h2-9,14H,10,16H2,1H3,(H,18,19). The highest BCUT2D eigenvalue weighted by molar-refractivity contribution is 5.95. The summed E-state index contributed by atoms with van der Waals surface area (Å²) in [6.07, 6.45) is 1.67. The average molecular weight is 255 g/mol. The van der Waals surface area contributed by atoms with Gasteiger partial charge in [-0.3, -0.25) is 9.78 Å². The van der Waals surface area contributed by atoms with Crippen LogP contribution in [0.2, 0.25) is 0 Å². The van der Waals surface area contributed by atoms with E-state index in [0.717, 1.165) is 5.56 Å². The van der Waals surface area contributed by atoms with Crippen LogP contribution >= 0.6 is 0 Å². The molecular weight excluding hydrogens is 238 g/mol. The van der Waals surface area contributed by atoms with Gasteiger partial charge in [-0.1, -0.05) is 30.3 Å². The van der Waals surface area contributed by atoms with Crippen LogP contribution in [0.1, 0.15) is 27.7 Å². The molecule has 4 nitrogen and oxygen atoms in total. The molecular formula is C15H17N3O. The molecule has 1 amide bonds. The van der Waals surface area contributed by atoms with E-state index in [2.05, 4.69) is 10.3 Å². The lowest BCUT2D eigenvalue weighted by atomic mass is 10.1. The predicted molar refractivity (Wildman–Crippen MR) is 74.7 cm³/mol. The number of nitrogens with zero attached hydrogens (tertiary/aromatic N) is 1. The van der Waals surface area contributed by atoms with E-state index in [1.54, 1.807) is 18.3 Å². The molecule has 0 saturated carbocycles. The van der Waals surface area contributed by atoms with Gasteiger partial charge in [-0.05, 0) is 24.6 Å². The van der Waals surface area contributed by atoms with Crippen molar-refractivity contribution in [3.05, 3.63) is 65.5 Å². The predicted octanol–water partition coefficient (Wildman–Crippen LogP) is 1.82. The molecule has 0 radical (unpaired) electrons. The fourth-order valence-electron chi connectivity index (χ4n) is 1.92. The third-order valence-corrected chi connectivity index (χ3v) is 2.99. The maximum absolute atomic E-state index is 12.2. The lowest BCUT2D eigenvalue weighted by molar-refractivity contribution is 0.0937. The number of aromatic nitrogens is 1. The SMILES string of the molecule is Cc1ncccc1C(=O)NC(CN)c1ccccc1. The van der Waals surface area contributed by atoms with Gasteiger partial charge in [0.15, 0.2) is 0 Å². The van der Waals surface area contributed by atoms with E-state index in [4.69, 9.17) is 5.73 Å². The summed E-state index contributed by atoms with van der Waals surface area (Å²) in [5.74, 6) is -0.148. The van der Waals surface area contributed by atoms with E-state index in [1.807, 2.05) is 37.3 Å². The minimum atomic E-state index is -0.187. The van der Waals surface area contributed by atoms with Crippen LogP contribution in [0.3, 0.4) is 0 Å². The monoisotopic (exact) mass is 255 g/mol. The highest BCUT2D eigenvalue weighted by Gasteiger charge is 2.15. The van der Waals surface area contributed by atoms with E-state index in [1.165, 1.54) is 0 Å². The Labute approximate surface area is 112 Å². The number of hydrogen-bond acceptors (Lipinski definition) is 3. The van der Waals surface area contributed by atoms with Crippen molar-refractivity contribution >= 4 is 5.91 Å². The fourth-order valence-corrected chi connectivity index (χ4v) is 1.92. The van der Waals surface area contributed by atoms with Crippen LogP contribution < -0.4 is 11.1 Å². The lowest BCUT2D eigenvalue weighted by Gasteiger charge is -2.17. The maximum atomic E-state index is 12.2. The van der Waals surface area contributed by atoms with E-state index >= 15 is 0 Å². The number of rotatable bonds is 4. The minimum absolute atomic E-state index is 0.148. The topological polar surface area (TPSA) is 68.0 Å². The maximum Gasteiger partial charge on any atom is 0.253 e. The number of amides is 1. The Morgan fingerprint density at radius 1 is 1.26 bits per heavy atom. The number of aryl methyl sites for hydroxylation is 1. The molecule has 1 aromatic heterocycles. The van der Waals surface area contributed by atoms with Crippen molar-refractivity contribution in [2.75, 3.05) is 6.54 Å². The van der Waals surface area contributed by atoms with Gasteiger partial charge in [0.2, 0.25) is 0 Å². The molecule has 3 N–H and O–H groups in total. The Morgan fingerprint density at radius 2 is 2.00 bits per heavy atom. The van der Waals surface area contributed by atoms with Crippen molar-refractivity contribution in [3.63, 3.8) is 0 Å². The highest BCUT2D eigenvalue weighted by atomic mass is 16.1. The zero-order chi connectivity index (χ0) is 13.7. The normalized spacial score (nSPS) is 11.9. The average Bonchev–Trinajstić information content (AvgIpc) is 2.46. The molecule has 1 unspecified atom stereocenters. The fraction of sp³-hybridized carbons (Fsp3) is 0.200. The summed E-state index contributed by atoms with van der Waals surface area (Å²) in [6.45, 7) is 2.17. The first-order valence-electron chi connectivity index (χ1n) is 6.20. The molecule has 0 aliphatic rings. The molecule has 0 saturated heterocycles. The van der Waals surface area contributed by atoms with Crippen molar-refractivity contribution < 1.29 is 4.79 Å². The summed E-state index contributed by atoms with van der Waals surface area (Å²) in [7, 11) is 0. The van der Waals surface area contributed by atoms with Crippen LogP contribution in [0.4, 0.5) is 0 Å². The van der Waals surface area contributed by atoms with Crippen molar-refractivity contribution in [3.8, 4) is 0 Å². The number of nitrogens with two attached hydrogens (primary N) is 1. The molecule has 1 atom stereocenters. The van der Waals surface area contributed by atoms with Crippen LogP contribution in [0.15, 0.2) is 48.7 Å². The second-order valence-corrected chi connectivity index (χ2v) is 4.31. The van der Waals surface area contributed by atoms with Gasteiger partial charge in [-0.2, -0.15) is 0 Å². The van der Waals surface area contributed by atoms with Crippen LogP contribution in [-0.4, -0.2) is 17.4 Å². The van der Waals surface area contributed by atoms with Gasteiger partial charge in [0, 0.05) is 18.4 Å². The number of hydrogen-bond donors (Lipinski definition) is 2. The molecule has 0 aliphatic carbocycles. The number of carbonyl (C=O) groups is 1. The van der Waals surface area contributed by atoms with Gasteiger partial charge in [0.1, 0.15) is 0 Å². The van der Waals surface area contributed by atoms with Gasteiger partial charge in [0.05, 0.1) is 11.6 Å². The quantitative estimate of drug-likeness (QED) is 0.875. The summed E-state index contributed by atoms with van der Waals surface area (Å²) in [5.41, 5.74) is 8.03. The first kappa shape index (κ1) is 13.2. The third-order valence-electron chi connectivity index (χ3n) is 2.99. The van der Waals surface area contributed by atoms with Gasteiger partial charge < -0.3 is 11.1 Å². The highest BCUT2D eigenvalue weighted by Crippen LogP contribution is 2.12. The third kappa shape index (κ3) is 3.17. The summed E-state index contributed by atoms with van der Waals surface area (Å²) in [5, 5.41) is 2.94.